The van der Waals surface area contributed by atoms with Crippen molar-refractivity contribution < 1.29 is 42.4 Å². The SMILES string of the molecule is CC[n+]1ccc(-c2ccc(-c3nc(-c4ccccc4)nc(-c4ccc(-c5cc[n+](CCP(=O)(O)O)cc5)cc4)c3-c3ccc(-c4cc[n+](CP(=O)(O)O)cc4)cc3)cc2)cc1. The van der Waals surface area contributed by atoms with Crippen LogP contribution in [0.2, 0.25) is 0 Å². The molecule has 11 nitrogen and oxygen atoms in total. The molecule has 0 unspecified atom stereocenters. The summed E-state index contributed by atoms with van der Waals surface area (Å²) in [5.74, 6) is 0.585. The van der Waals surface area contributed by atoms with Crippen molar-refractivity contribution in [3.63, 3.8) is 0 Å². The minimum atomic E-state index is -4.22. The average Bonchev–Trinajstić information content (AvgIpc) is 3.28. The third-order valence-corrected chi connectivity index (χ3v) is 11.9. The van der Waals surface area contributed by atoms with E-state index in [-0.39, 0.29) is 12.7 Å². The first-order chi connectivity index (χ1) is 29.4. The molecule has 0 fully saturated rings. The van der Waals surface area contributed by atoms with Gasteiger partial charge in [-0.05, 0) is 45.9 Å². The van der Waals surface area contributed by atoms with Crippen LogP contribution in [0.3, 0.4) is 0 Å². The summed E-state index contributed by atoms with van der Waals surface area (Å²) in [6, 6.07) is 46.6. The van der Waals surface area contributed by atoms with Crippen molar-refractivity contribution in [2.45, 2.75) is 26.3 Å². The Kier molecular flexibility index (Phi) is 12.1. The Morgan fingerprint density at radius 1 is 0.426 bits per heavy atom. The molecule has 0 radical (unpaired) electrons. The molecule has 0 aliphatic rings. The van der Waals surface area contributed by atoms with Gasteiger partial charge in [-0.15, -0.1) is 0 Å². The average molecular weight is 849 g/mol. The van der Waals surface area contributed by atoms with Crippen LogP contribution < -0.4 is 13.7 Å². The van der Waals surface area contributed by atoms with E-state index in [4.69, 9.17) is 9.97 Å². The van der Waals surface area contributed by atoms with Crippen molar-refractivity contribution in [3.8, 4) is 78.4 Å². The first-order valence-electron chi connectivity index (χ1n) is 19.8. The smallest absolute Gasteiger partial charge is 0.324 e. The Morgan fingerprint density at radius 3 is 1.21 bits per heavy atom. The van der Waals surface area contributed by atoms with Gasteiger partial charge in [-0.3, -0.25) is 9.13 Å². The zero-order valence-corrected chi connectivity index (χ0v) is 35.1. The molecular weight excluding hydrogens is 805 g/mol. The van der Waals surface area contributed by atoms with Gasteiger partial charge >= 0.3 is 15.2 Å². The van der Waals surface area contributed by atoms with Crippen molar-refractivity contribution in [1.29, 1.82) is 0 Å². The first kappa shape index (κ1) is 41.4. The van der Waals surface area contributed by atoms with E-state index in [0.717, 1.165) is 79.1 Å². The van der Waals surface area contributed by atoms with Crippen LogP contribution in [0.1, 0.15) is 6.92 Å². The fraction of sp³-hybridized carbons (Fsp3) is 0.104. The Balaban J connectivity index is 1.24. The summed E-state index contributed by atoms with van der Waals surface area (Å²) < 4.78 is 28.4. The molecule has 0 bridgehead atoms. The van der Waals surface area contributed by atoms with E-state index in [1.165, 1.54) is 4.57 Å². The van der Waals surface area contributed by atoms with E-state index in [9.17, 15) is 28.7 Å². The largest absolute Gasteiger partial charge is 0.390 e. The maximum atomic E-state index is 11.6. The number of aryl methyl sites for hydroxylation is 2. The lowest BCUT2D eigenvalue weighted by molar-refractivity contribution is -0.693. The maximum Gasteiger partial charge on any atom is 0.390 e. The van der Waals surface area contributed by atoms with Gasteiger partial charge in [0.05, 0.1) is 11.4 Å². The van der Waals surface area contributed by atoms with E-state index in [1.807, 2.05) is 91.3 Å². The molecule has 0 aliphatic heterocycles. The molecule has 8 aromatic rings. The van der Waals surface area contributed by atoms with Crippen LogP contribution in [0.5, 0.6) is 0 Å². The van der Waals surface area contributed by atoms with Crippen molar-refractivity contribution >= 4 is 15.2 Å². The lowest BCUT2D eigenvalue weighted by atomic mass is 9.91. The highest BCUT2D eigenvalue weighted by Crippen LogP contribution is 2.41. The van der Waals surface area contributed by atoms with Gasteiger partial charge in [0.1, 0.15) is 12.7 Å². The highest BCUT2D eigenvalue weighted by Gasteiger charge is 2.22. The summed E-state index contributed by atoms with van der Waals surface area (Å²) in [4.78, 5) is 48.1. The van der Waals surface area contributed by atoms with Crippen LogP contribution in [-0.4, -0.2) is 35.7 Å². The summed E-state index contributed by atoms with van der Waals surface area (Å²) in [6.45, 7) is 3.22. The summed E-state index contributed by atoms with van der Waals surface area (Å²) in [5, 5.41) is 0. The Morgan fingerprint density at radius 2 is 0.803 bits per heavy atom. The van der Waals surface area contributed by atoms with Crippen molar-refractivity contribution in [2.75, 3.05) is 6.16 Å². The van der Waals surface area contributed by atoms with Gasteiger partial charge in [-0.2, -0.15) is 4.57 Å². The van der Waals surface area contributed by atoms with Gasteiger partial charge in [0.2, 0.25) is 6.29 Å². The lowest BCUT2D eigenvalue weighted by Gasteiger charge is -2.18. The molecule has 0 saturated carbocycles. The molecule has 61 heavy (non-hydrogen) atoms. The second kappa shape index (κ2) is 17.7. The van der Waals surface area contributed by atoms with E-state index < -0.39 is 21.5 Å². The zero-order valence-electron chi connectivity index (χ0n) is 33.3. The van der Waals surface area contributed by atoms with Crippen LogP contribution >= 0.6 is 15.2 Å². The van der Waals surface area contributed by atoms with Gasteiger partial charge in [-0.1, -0.05) is 103 Å². The highest BCUT2D eigenvalue weighted by atomic mass is 31.2. The zero-order chi connectivity index (χ0) is 42.6. The minimum absolute atomic E-state index is 0.214. The quantitative estimate of drug-likeness (QED) is 0.0668. The van der Waals surface area contributed by atoms with Gasteiger partial charge in [0, 0.05) is 58.7 Å². The second-order valence-corrected chi connectivity index (χ2v) is 18.1. The molecule has 0 atom stereocenters. The van der Waals surface area contributed by atoms with Crippen LogP contribution in [0.15, 0.2) is 177 Å². The molecule has 4 aromatic heterocycles. The summed E-state index contributed by atoms with van der Waals surface area (Å²) in [6.07, 6.45) is 10.5. The van der Waals surface area contributed by atoms with E-state index >= 15 is 0 Å². The third-order valence-electron chi connectivity index (χ3n) is 10.5. The van der Waals surface area contributed by atoms with Crippen LogP contribution in [0.4, 0.5) is 0 Å². The molecule has 0 spiro atoms. The Bertz CT molecular complexity index is 2870. The summed E-state index contributed by atoms with van der Waals surface area (Å²) in [7, 11) is -8.33. The molecule has 4 aromatic carbocycles. The topological polar surface area (TPSA) is 152 Å². The van der Waals surface area contributed by atoms with Gasteiger partial charge in [-0.25, -0.2) is 19.1 Å². The molecule has 304 valence electrons. The Hall–Kier alpha value is -6.29. The number of hydrogen-bond donors (Lipinski definition) is 4. The lowest BCUT2D eigenvalue weighted by Crippen LogP contribution is -2.34. The van der Waals surface area contributed by atoms with Crippen LogP contribution in [0.25, 0.3) is 78.4 Å². The molecular formula is C48H44N5O6P2+3. The number of rotatable bonds is 13. The molecule has 4 N–H and O–H groups in total. The molecule has 8 rings (SSSR count). The summed E-state index contributed by atoms with van der Waals surface area (Å²) >= 11 is 0. The molecule has 0 aliphatic carbocycles. The van der Waals surface area contributed by atoms with E-state index in [2.05, 4.69) is 84.5 Å². The van der Waals surface area contributed by atoms with Crippen molar-refractivity contribution in [2.24, 2.45) is 0 Å². The van der Waals surface area contributed by atoms with Crippen LogP contribution in [0, 0.1) is 0 Å². The van der Waals surface area contributed by atoms with Gasteiger partial charge in [0.15, 0.2) is 49.6 Å². The van der Waals surface area contributed by atoms with E-state index in [0.29, 0.717) is 5.82 Å². The number of nitrogens with zero attached hydrogens (tertiary/aromatic N) is 5. The van der Waals surface area contributed by atoms with Crippen LogP contribution in [-0.2, 0) is 28.5 Å². The van der Waals surface area contributed by atoms with Gasteiger partial charge in [0.25, 0.3) is 0 Å². The molecule has 13 heteroatoms. The number of hydrogen-bond acceptors (Lipinski definition) is 4. The Labute approximate surface area is 353 Å². The predicted octanol–water partition coefficient (Wildman–Crippen LogP) is 8.34. The maximum absolute atomic E-state index is 11.6. The first-order valence-corrected chi connectivity index (χ1v) is 23.3. The predicted molar refractivity (Wildman–Crippen MR) is 235 cm³/mol. The van der Waals surface area contributed by atoms with Crippen molar-refractivity contribution in [1.82, 2.24) is 9.97 Å². The third kappa shape index (κ3) is 10.2. The number of aromatic nitrogens is 5. The highest BCUT2D eigenvalue weighted by molar-refractivity contribution is 7.51. The van der Waals surface area contributed by atoms with Gasteiger partial charge < -0.3 is 19.6 Å². The monoisotopic (exact) mass is 848 g/mol. The van der Waals surface area contributed by atoms with Crippen molar-refractivity contribution in [3.05, 3.63) is 177 Å². The second-order valence-electron chi connectivity index (χ2n) is 14.8. The fourth-order valence-electron chi connectivity index (χ4n) is 7.20. The minimum Gasteiger partial charge on any atom is -0.324 e. The standard InChI is InChI=1S/C48H41N5O6P2/c1-2-51-26-20-38(21-27-51)36-10-16-42(17-11-36)46-45(41-14-8-35(9-15-41)40-24-30-53(31-25-40)34-61(57,58)59)47(50-48(49-46)44-6-4-3-5-7-44)43-18-12-37(13-19-43)39-22-28-52(29-23-39)32-33-60(54,55)56/h3-31H,2,32-34H2,1H3,(H-3,54,55,56,57,58,59)/p+3. The fourth-order valence-corrected chi connectivity index (χ4v) is 8.31. The number of pyridine rings is 3. The molecule has 0 saturated heterocycles. The molecule has 0 amide bonds. The van der Waals surface area contributed by atoms with E-state index in [1.54, 1.807) is 17.0 Å². The normalized spacial score (nSPS) is 11.8. The number of benzene rings is 4. The summed E-state index contributed by atoms with van der Waals surface area (Å²) in [5.41, 5.74) is 11.9. The molecule has 4 heterocycles.